The SMILES string of the molecule is CC(O)c1ccc(NC(=O)NCCCN(C)C(C)C)cc1. The molecule has 3 N–H and O–H groups in total. The summed E-state index contributed by atoms with van der Waals surface area (Å²) >= 11 is 0. The number of nitrogens with zero attached hydrogens (tertiary/aromatic N) is 1. The van der Waals surface area contributed by atoms with Gasteiger partial charge < -0.3 is 20.6 Å². The third-order valence-corrected chi connectivity index (χ3v) is 3.51. The van der Waals surface area contributed by atoms with E-state index < -0.39 is 6.10 Å². The van der Waals surface area contributed by atoms with Crippen molar-refractivity contribution in [1.82, 2.24) is 10.2 Å². The number of amides is 2. The monoisotopic (exact) mass is 293 g/mol. The van der Waals surface area contributed by atoms with Gasteiger partial charge in [-0.1, -0.05) is 12.1 Å². The normalized spacial score (nSPS) is 12.5. The molecule has 0 heterocycles. The van der Waals surface area contributed by atoms with Gasteiger partial charge in [0.1, 0.15) is 0 Å². The van der Waals surface area contributed by atoms with Crippen molar-refractivity contribution in [1.29, 1.82) is 0 Å². The molecule has 1 aromatic carbocycles. The fourth-order valence-corrected chi connectivity index (χ4v) is 1.81. The average Bonchev–Trinajstić information content (AvgIpc) is 2.43. The van der Waals surface area contributed by atoms with Crippen LogP contribution in [-0.4, -0.2) is 42.2 Å². The van der Waals surface area contributed by atoms with Crippen LogP contribution >= 0.6 is 0 Å². The van der Waals surface area contributed by atoms with Gasteiger partial charge in [0.05, 0.1) is 6.10 Å². The molecule has 0 bridgehead atoms. The second-order valence-electron chi connectivity index (χ2n) is 5.61. The Morgan fingerprint density at radius 1 is 1.24 bits per heavy atom. The van der Waals surface area contributed by atoms with Crippen molar-refractivity contribution in [3.63, 3.8) is 0 Å². The molecule has 0 aliphatic carbocycles. The highest BCUT2D eigenvalue weighted by Gasteiger charge is 2.05. The van der Waals surface area contributed by atoms with Crippen LogP contribution in [0.2, 0.25) is 0 Å². The molecule has 0 fully saturated rings. The van der Waals surface area contributed by atoms with Crippen LogP contribution in [0.4, 0.5) is 10.5 Å². The van der Waals surface area contributed by atoms with Gasteiger partial charge in [-0.2, -0.15) is 0 Å². The first kappa shape index (κ1) is 17.5. The number of carbonyl (C=O) groups excluding carboxylic acids is 1. The average molecular weight is 293 g/mol. The minimum Gasteiger partial charge on any atom is -0.389 e. The van der Waals surface area contributed by atoms with Crippen LogP contribution in [0.3, 0.4) is 0 Å². The molecular formula is C16H27N3O2. The molecule has 1 rings (SSSR count). The lowest BCUT2D eigenvalue weighted by molar-refractivity contribution is 0.199. The number of hydrogen-bond donors (Lipinski definition) is 3. The van der Waals surface area contributed by atoms with Crippen molar-refractivity contribution in [2.45, 2.75) is 39.3 Å². The van der Waals surface area contributed by atoms with Gasteiger partial charge in [0.2, 0.25) is 0 Å². The highest BCUT2D eigenvalue weighted by Crippen LogP contribution is 2.15. The van der Waals surface area contributed by atoms with E-state index in [2.05, 4.69) is 36.4 Å². The van der Waals surface area contributed by atoms with E-state index in [1.807, 2.05) is 0 Å². The van der Waals surface area contributed by atoms with Crippen LogP contribution in [-0.2, 0) is 0 Å². The Morgan fingerprint density at radius 3 is 2.38 bits per heavy atom. The molecule has 5 heteroatoms. The lowest BCUT2D eigenvalue weighted by atomic mass is 10.1. The van der Waals surface area contributed by atoms with Crippen LogP contribution in [0.5, 0.6) is 0 Å². The molecule has 0 spiro atoms. The quantitative estimate of drug-likeness (QED) is 0.677. The summed E-state index contributed by atoms with van der Waals surface area (Å²) in [7, 11) is 2.08. The first-order valence-electron chi connectivity index (χ1n) is 7.43. The number of carbonyl (C=O) groups is 1. The van der Waals surface area contributed by atoms with E-state index in [0.29, 0.717) is 12.6 Å². The van der Waals surface area contributed by atoms with Crippen LogP contribution in [0, 0.1) is 0 Å². The van der Waals surface area contributed by atoms with Gasteiger partial charge in [-0.15, -0.1) is 0 Å². The Hall–Kier alpha value is -1.59. The molecular weight excluding hydrogens is 266 g/mol. The van der Waals surface area contributed by atoms with Gasteiger partial charge >= 0.3 is 6.03 Å². The van der Waals surface area contributed by atoms with Gasteiger partial charge in [-0.25, -0.2) is 4.79 Å². The van der Waals surface area contributed by atoms with Crippen LogP contribution in [0.15, 0.2) is 24.3 Å². The molecule has 0 saturated carbocycles. The second-order valence-corrected chi connectivity index (χ2v) is 5.61. The molecule has 0 aromatic heterocycles. The van der Waals surface area contributed by atoms with Gasteiger partial charge in [0.15, 0.2) is 0 Å². The number of hydrogen-bond acceptors (Lipinski definition) is 3. The molecule has 0 radical (unpaired) electrons. The van der Waals surface area contributed by atoms with E-state index in [-0.39, 0.29) is 6.03 Å². The standard InChI is InChI=1S/C16H27N3O2/c1-12(2)19(4)11-5-10-17-16(21)18-15-8-6-14(7-9-15)13(3)20/h6-9,12-13,20H,5,10-11H2,1-4H3,(H2,17,18,21). The Morgan fingerprint density at radius 2 is 1.86 bits per heavy atom. The Labute approximate surface area is 127 Å². The summed E-state index contributed by atoms with van der Waals surface area (Å²) in [5.41, 5.74) is 1.55. The van der Waals surface area contributed by atoms with Gasteiger partial charge in [-0.3, -0.25) is 0 Å². The topological polar surface area (TPSA) is 64.6 Å². The number of nitrogens with one attached hydrogen (secondary N) is 2. The summed E-state index contributed by atoms with van der Waals surface area (Å²) in [6.07, 6.45) is 0.425. The predicted octanol–water partition coefficient (Wildman–Crippen LogP) is 2.59. The number of rotatable bonds is 7. The van der Waals surface area contributed by atoms with E-state index in [1.165, 1.54) is 0 Å². The zero-order chi connectivity index (χ0) is 15.8. The molecule has 0 saturated heterocycles. The summed E-state index contributed by atoms with van der Waals surface area (Å²) in [4.78, 5) is 14.0. The fourth-order valence-electron chi connectivity index (χ4n) is 1.81. The van der Waals surface area contributed by atoms with Crippen molar-refractivity contribution in [2.24, 2.45) is 0 Å². The smallest absolute Gasteiger partial charge is 0.319 e. The molecule has 1 aromatic rings. The molecule has 1 atom stereocenters. The minimum absolute atomic E-state index is 0.202. The fraction of sp³-hybridized carbons (Fsp3) is 0.562. The van der Waals surface area contributed by atoms with E-state index >= 15 is 0 Å². The predicted molar refractivity (Wildman–Crippen MR) is 86.5 cm³/mol. The van der Waals surface area contributed by atoms with E-state index in [1.54, 1.807) is 31.2 Å². The van der Waals surface area contributed by atoms with Crippen molar-refractivity contribution >= 4 is 11.7 Å². The largest absolute Gasteiger partial charge is 0.389 e. The van der Waals surface area contributed by atoms with Gasteiger partial charge in [-0.05, 0) is 58.5 Å². The molecule has 2 amide bonds. The first-order valence-corrected chi connectivity index (χ1v) is 7.43. The van der Waals surface area contributed by atoms with E-state index in [0.717, 1.165) is 24.2 Å². The van der Waals surface area contributed by atoms with E-state index in [4.69, 9.17) is 0 Å². The zero-order valence-electron chi connectivity index (χ0n) is 13.4. The molecule has 118 valence electrons. The Bertz CT molecular complexity index is 430. The summed E-state index contributed by atoms with van der Waals surface area (Å²) in [5.74, 6) is 0. The molecule has 0 aliphatic rings. The number of aliphatic hydroxyl groups excluding tert-OH is 1. The molecule has 5 nitrogen and oxygen atoms in total. The number of urea groups is 1. The maximum atomic E-state index is 11.7. The third kappa shape index (κ3) is 6.60. The van der Waals surface area contributed by atoms with Crippen LogP contribution in [0.1, 0.15) is 38.9 Å². The maximum absolute atomic E-state index is 11.7. The molecule has 1 unspecified atom stereocenters. The highest BCUT2D eigenvalue weighted by molar-refractivity contribution is 5.89. The summed E-state index contributed by atoms with van der Waals surface area (Å²) in [5, 5.41) is 15.0. The van der Waals surface area contributed by atoms with Crippen molar-refractivity contribution in [3.05, 3.63) is 29.8 Å². The summed E-state index contributed by atoms with van der Waals surface area (Å²) < 4.78 is 0. The van der Waals surface area contributed by atoms with Crippen molar-refractivity contribution in [2.75, 3.05) is 25.5 Å². The van der Waals surface area contributed by atoms with Gasteiger partial charge in [0, 0.05) is 18.3 Å². The lowest BCUT2D eigenvalue weighted by Crippen LogP contribution is -2.33. The molecule has 0 aliphatic heterocycles. The van der Waals surface area contributed by atoms with E-state index in [9.17, 15) is 9.90 Å². The third-order valence-electron chi connectivity index (χ3n) is 3.51. The minimum atomic E-state index is -0.495. The first-order chi connectivity index (χ1) is 9.90. The van der Waals surface area contributed by atoms with Crippen molar-refractivity contribution in [3.8, 4) is 0 Å². The number of aliphatic hydroxyl groups is 1. The number of benzene rings is 1. The Kier molecular flexibility index (Phi) is 7.19. The summed E-state index contributed by atoms with van der Waals surface area (Å²) in [6, 6.07) is 7.50. The highest BCUT2D eigenvalue weighted by atomic mass is 16.3. The maximum Gasteiger partial charge on any atom is 0.319 e. The second kappa shape index (κ2) is 8.64. The summed E-state index contributed by atoms with van der Waals surface area (Å²) in [6.45, 7) is 7.62. The van der Waals surface area contributed by atoms with Crippen molar-refractivity contribution < 1.29 is 9.90 Å². The van der Waals surface area contributed by atoms with Crippen LogP contribution < -0.4 is 10.6 Å². The lowest BCUT2D eigenvalue weighted by Gasteiger charge is -2.20. The van der Waals surface area contributed by atoms with Gasteiger partial charge in [0.25, 0.3) is 0 Å². The zero-order valence-corrected chi connectivity index (χ0v) is 13.4. The Balaban J connectivity index is 2.27. The molecule has 21 heavy (non-hydrogen) atoms. The number of anilines is 1. The van der Waals surface area contributed by atoms with Crippen LogP contribution in [0.25, 0.3) is 0 Å².